The molecule has 20 heavy (non-hydrogen) atoms. The molecule has 0 aliphatic rings. The van der Waals surface area contributed by atoms with Crippen molar-refractivity contribution in [1.82, 2.24) is 0 Å². The van der Waals surface area contributed by atoms with E-state index in [0.717, 1.165) is 4.47 Å². The van der Waals surface area contributed by atoms with Crippen LogP contribution in [0.5, 0.6) is 0 Å². The van der Waals surface area contributed by atoms with Gasteiger partial charge >= 0.3 is 0 Å². The van der Waals surface area contributed by atoms with Crippen LogP contribution in [0, 0.1) is 15.1 Å². The van der Waals surface area contributed by atoms with Crippen molar-refractivity contribution in [2.75, 3.05) is 5.32 Å². The number of hydrogen-bond acceptors (Lipinski definition) is 3. The van der Waals surface area contributed by atoms with Crippen LogP contribution < -0.4 is 5.32 Å². The zero-order valence-electron chi connectivity index (χ0n) is 10.1. The molecule has 2 aromatic rings. The highest BCUT2D eigenvalue weighted by Gasteiger charge is 2.11. The predicted octanol–water partition coefficient (Wildman–Crippen LogP) is 4.19. The van der Waals surface area contributed by atoms with Crippen molar-refractivity contribution in [2.24, 2.45) is 0 Å². The quantitative estimate of drug-likeness (QED) is 0.440. The van der Waals surface area contributed by atoms with Gasteiger partial charge in [0.2, 0.25) is 0 Å². The first-order valence-corrected chi connectivity index (χ1v) is 7.40. The maximum atomic E-state index is 12.0. The minimum absolute atomic E-state index is 0.0218. The minimum atomic E-state index is -0.471. The van der Waals surface area contributed by atoms with Crippen molar-refractivity contribution in [3.8, 4) is 6.07 Å². The molecule has 0 saturated heterocycles. The van der Waals surface area contributed by atoms with E-state index in [0.29, 0.717) is 15.2 Å². The van der Waals surface area contributed by atoms with E-state index in [-0.39, 0.29) is 5.57 Å². The molecular formula is C14H8BrIN2O2. The first-order chi connectivity index (χ1) is 9.60. The fraction of sp³-hybridized carbons (Fsp3) is 0. The number of carbonyl (C=O) groups is 1. The zero-order valence-corrected chi connectivity index (χ0v) is 13.8. The number of nitrogens with zero attached hydrogens (tertiary/aromatic N) is 1. The number of halogens is 2. The van der Waals surface area contributed by atoms with Gasteiger partial charge in [0.15, 0.2) is 3.77 Å². The zero-order chi connectivity index (χ0) is 14.5. The molecular weight excluding hydrogens is 435 g/mol. The lowest BCUT2D eigenvalue weighted by atomic mass is 10.2. The number of furan rings is 1. The van der Waals surface area contributed by atoms with Crippen molar-refractivity contribution >= 4 is 56.2 Å². The Balaban J connectivity index is 2.20. The standard InChI is InChI=1S/C14H8BrIN2O2/c15-12-7-11(20-13(12)16)6-9(8-17)14(19)18-10-4-2-1-3-5-10/h1-7H,(H,18,19)/b9-6+. The fourth-order valence-electron chi connectivity index (χ4n) is 1.45. The average Bonchev–Trinajstić information content (AvgIpc) is 2.76. The van der Waals surface area contributed by atoms with E-state index in [2.05, 4.69) is 21.2 Å². The van der Waals surface area contributed by atoms with Crippen molar-refractivity contribution < 1.29 is 9.21 Å². The summed E-state index contributed by atoms with van der Waals surface area (Å²) in [6.45, 7) is 0. The maximum absolute atomic E-state index is 12.0. The number of nitrogens with one attached hydrogen (secondary N) is 1. The van der Waals surface area contributed by atoms with Gasteiger partial charge in [0, 0.05) is 34.4 Å². The third-order valence-electron chi connectivity index (χ3n) is 2.35. The molecule has 1 aromatic heterocycles. The molecule has 2 rings (SSSR count). The molecule has 0 radical (unpaired) electrons. The molecule has 100 valence electrons. The van der Waals surface area contributed by atoms with Crippen molar-refractivity contribution in [3.05, 3.63) is 56.0 Å². The highest BCUT2D eigenvalue weighted by molar-refractivity contribution is 14.1. The second-order valence-corrected chi connectivity index (χ2v) is 5.59. The van der Waals surface area contributed by atoms with Crippen LogP contribution in [-0.2, 0) is 4.79 Å². The molecule has 1 heterocycles. The molecule has 6 heteroatoms. The van der Waals surface area contributed by atoms with Crippen LogP contribution in [0.25, 0.3) is 6.08 Å². The van der Waals surface area contributed by atoms with Crippen LogP contribution in [-0.4, -0.2) is 5.91 Å². The second kappa shape index (κ2) is 6.72. The fourth-order valence-corrected chi connectivity index (χ4v) is 2.16. The van der Waals surface area contributed by atoms with Crippen LogP contribution in [0.2, 0.25) is 0 Å². The molecule has 0 fully saturated rings. The third-order valence-corrected chi connectivity index (χ3v) is 4.48. The predicted molar refractivity (Wildman–Crippen MR) is 87.8 cm³/mol. The molecule has 0 unspecified atom stereocenters. The molecule has 0 aliphatic carbocycles. The first kappa shape index (κ1) is 14.8. The first-order valence-electron chi connectivity index (χ1n) is 5.53. The minimum Gasteiger partial charge on any atom is -0.450 e. The highest BCUT2D eigenvalue weighted by atomic mass is 127. The molecule has 0 atom stereocenters. The molecule has 4 nitrogen and oxygen atoms in total. The molecule has 1 amide bonds. The maximum Gasteiger partial charge on any atom is 0.266 e. The van der Waals surface area contributed by atoms with Gasteiger partial charge in [0.05, 0.1) is 4.47 Å². The van der Waals surface area contributed by atoms with Gasteiger partial charge in [0.25, 0.3) is 5.91 Å². The number of para-hydroxylation sites is 1. The summed E-state index contributed by atoms with van der Waals surface area (Å²) in [5.74, 6) is -0.0257. The lowest BCUT2D eigenvalue weighted by Crippen LogP contribution is -2.13. The topological polar surface area (TPSA) is 66.0 Å². The van der Waals surface area contributed by atoms with Gasteiger partial charge < -0.3 is 9.73 Å². The Kier molecular flexibility index (Phi) is 4.98. The van der Waals surface area contributed by atoms with Crippen LogP contribution in [0.4, 0.5) is 5.69 Å². The van der Waals surface area contributed by atoms with Crippen LogP contribution in [0.15, 0.2) is 50.9 Å². The van der Waals surface area contributed by atoms with Gasteiger partial charge in [-0.05, 0) is 34.1 Å². The van der Waals surface area contributed by atoms with E-state index in [1.807, 2.05) is 34.7 Å². The van der Waals surface area contributed by atoms with Gasteiger partial charge in [-0.15, -0.1) is 0 Å². The molecule has 1 aromatic carbocycles. The number of nitriles is 1. The van der Waals surface area contributed by atoms with E-state index in [1.165, 1.54) is 6.08 Å². The highest BCUT2D eigenvalue weighted by Crippen LogP contribution is 2.24. The number of rotatable bonds is 3. The Hall–Kier alpha value is -1.59. The molecule has 0 saturated carbocycles. The second-order valence-electron chi connectivity index (χ2n) is 3.76. The summed E-state index contributed by atoms with van der Waals surface area (Å²) < 4.78 is 6.82. The van der Waals surface area contributed by atoms with Crippen LogP contribution >= 0.6 is 38.5 Å². The normalized spacial score (nSPS) is 10.9. The van der Waals surface area contributed by atoms with Crippen LogP contribution in [0.3, 0.4) is 0 Å². The van der Waals surface area contributed by atoms with Gasteiger partial charge in [-0.2, -0.15) is 5.26 Å². The number of amides is 1. The van der Waals surface area contributed by atoms with E-state index >= 15 is 0 Å². The molecule has 0 aliphatic heterocycles. The Morgan fingerprint density at radius 1 is 1.40 bits per heavy atom. The number of benzene rings is 1. The largest absolute Gasteiger partial charge is 0.450 e. The molecule has 0 spiro atoms. The summed E-state index contributed by atoms with van der Waals surface area (Å²) in [7, 11) is 0. The van der Waals surface area contributed by atoms with Crippen molar-refractivity contribution in [1.29, 1.82) is 5.26 Å². The van der Waals surface area contributed by atoms with E-state index in [1.54, 1.807) is 30.3 Å². The summed E-state index contributed by atoms with van der Waals surface area (Å²) in [6.07, 6.45) is 1.41. The summed E-state index contributed by atoms with van der Waals surface area (Å²) in [4.78, 5) is 12.0. The lowest BCUT2D eigenvalue weighted by molar-refractivity contribution is -0.112. The number of carbonyl (C=O) groups excluding carboxylic acids is 1. The lowest BCUT2D eigenvalue weighted by Gasteiger charge is -2.02. The Morgan fingerprint density at radius 2 is 2.10 bits per heavy atom. The number of anilines is 1. The third kappa shape index (κ3) is 3.71. The van der Waals surface area contributed by atoms with Crippen molar-refractivity contribution in [2.45, 2.75) is 0 Å². The van der Waals surface area contributed by atoms with E-state index in [4.69, 9.17) is 9.68 Å². The van der Waals surface area contributed by atoms with Gasteiger partial charge in [-0.25, -0.2) is 0 Å². The van der Waals surface area contributed by atoms with Gasteiger partial charge in [-0.1, -0.05) is 18.2 Å². The van der Waals surface area contributed by atoms with E-state index < -0.39 is 5.91 Å². The SMILES string of the molecule is N#C/C(=C\c1cc(Br)c(I)o1)C(=O)Nc1ccccc1. The van der Waals surface area contributed by atoms with Crippen LogP contribution in [0.1, 0.15) is 5.76 Å². The summed E-state index contributed by atoms with van der Waals surface area (Å²) in [6, 6.07) is 12.5. The molecule has 0 bridgehead atoms. The van der Waals surface area contributed by atoms with Gasteiger partial charge in [0.1, 0.15) is 17.4 Å². The smallest absolute Gasteiger partial charge is 0.266 e. The van der Waals surface area contributed by atoms with E-state index in [9.17, 15) is 4.79 Å². The Labute approximate surface area is 137 Å². The van der Waals surface area contributed by atoms with Gasteiger partial charge in [-0.3, -0.25) is 4.79 Å². The molecule has 1 N–H and O–H groups in total. The monoisotopic (exact) mass is 442 g/mol. The Bertz CT molecular complexity index is 682. The van der Waals surface area contributed by atoms with Crippen molar-refractivity contribution in [3.63, 3.8) is 0 Å². The summed E-state index contributed by atoms with van der Waals surface area (Å²) in [5, 5.41) is 11.7. The average molecular weight is 443 g/mol. The number of hydrogen-bond donors (Lipinski definition) is 1. The summed E-state index contributed by atoms with van der Waals surface area (Å²) in [5.41, 5.74) is 0.611. The Morgan fingerprint density at radius 3 is 2.65 bits per heavy atom. The summed E-state index contributed by atoms with van der Waals surface area (Å²) >= 11 is 5.32.